The molecular formula is C17H25FN2O3. The fourth-order valence-corrected chi connectivity index (χ4v) is 2.53. The van der Waals surface area contributed by atoms with E-state index in [1.54, 1.807) is 45.9 Å². The van der Waals surface area contributed by atoms with Gasteiger partial charge in [0.15, 0.2) is 5.67 Å². The zero-order chi connectivity index (χ0) is 17.4. The Morgan fingerprint density at radius 1 is 1.43 bits per heavy atom. The smallest absolute Gasteiger partial charge is 0.410 e. The summed E-state index contributed by atoms with van der Waals surface area (Å²) in [5.41, 5.74) is 5.44. The number of ether oxygens (including phenoxy) is 1. The van der Waals surface area contributed by atoms with Crippen LogP contribution in [0.1, 0.15) is 50.4 Å². The van der Waals surface area contributed by atoms with Crippen LogP contribution in [-0.4, -0.2) is 34.8 Å². The number of carbonyl (C=O) groups excluding carboxylic acids is 1. The number of nitrogens with zero attached hydrogens (tertiary/aromatic N) is 1. The molecule has 5 nitrogen and oxygen atoms in total. The molecule has 1 aliphatic rings. The largest absolute Gasteiger partial charge is 0.444 e. The molecule has 1 aromatic carbocycles. The van der Waals surface area contributed by atoms with Crippen LogP contribution in [0, 0.1) is 0 Å². The molecule has 0 spiro atoms. The van der Waals surface area contributed by atoms with Crippen molar-refractivity contribution in [1.29, 1.82) is 0 Å². The van der Waals surface area contributed by atoms with Gasteiger partial charge in [0.1, 0.15) is 5.60 Å². The van der Waals surface area contributed by atoms with Gasteiger partial charge in [-0.3, -0.25) is 0 Å². The maximum atomic E-state index is 15.1. The summed E-state index contributed by atoms with van der Waals surface area (Å²) in [5, 5.41) is 9.34. The minimum atomic E-state index is -1.63. The summed E-state index contributed by atoms with van der Waals surface area (Å²) in [6.45, 7) is 6.82. The number of alkyl halides is 1. The van der Waals surface area contributed by atoms with Crippen LogP contribution in [0.3, 0.4) is 0 Å². The van der Waals surface area contributed by atoms with Crippen LogP contribution in [0.25, 0.3) is 0 Å². The van der Waals surface area contributed by atoms with Crippen molar-refractivity contribution in [2.75, 3.05) is 13.1 Å². The van der Waals surface area contributed by atoms with Crippen LogP contribution in [0.15, 0.2) is 18.2 Å². The highest BCUT2D eigenvalue weighted by molar-refractivity contribution is 5.70. The second kappa shape index (κ2) is 6.09. The van der Waals surface area contributed by atoms with Crippen molar-refractivity contribution in [3.05, 3.63) is 34.9 Å². The van der Waals surface area contributed by atoms with Gasteiger partial charge in [-0.1, -0.05) is 18.2 Å². The average molecular weight is 324 g/mol. The van der Waals surface area contributed by atoms with Crippen molar-refractivity contribution in [3.8, 4) is 0 Å². The first-order valence-corrected chi connectivity index (χ1v) is 7.72. The number of rotatable bonds is 3. The lowest BCUT2D eigenvalue weighted by molar-refractivity contribution is -0.0538. The number of nitrogens with two attached hydrogens (primary N) is 1. The van der Waals surface area contributed by atoms with Gasteiger partial charge in [-0.05, 0) is 44.4 Å². The molecule has 3 N–H and O–H groups in total. The highest BCUT2D eigenvalue weighted by Gasteiger charge is 2.48. The minimum absolute atomic E-state index is 0.0603. The number of likely N-dealkylation sites (tertiary alicyclic amines) is 1. The molecule has 2 rings (SSSR count). The number of amides is 1. The van der Waals surface area contributed by atoms with Gasteiger partial charge in [0, 0.05) is 6.04 Å². The summed E-state index contributed by atoms with van der Waals surface area (Å²) in [7, 11) is 0. The average Bonchev–Trinajstić information content (AvgIpc) is 2.41. The Labute approximate surface area is 136 Å². The van der Waals surface area contributed by atoms with E-state index in [2.05, 4.69) is 0 Å². The van der Waals surface area contributed by atoms with E-state index in [0.717, 1.165) is 5.56 Å². The third-order valence-corrected chi connectivity index (χ3v) is 3.78. The summed E-state index contributed by atoms with van der Waals surface area (Å²) in [5.74, 6) is 0. The van der Waals surface area contributed by atoms with Crippen LogP contribution >= 0.6 is 0 Å². The quantitative estimate of drug-likeness (QED) is 0.896. The van der Waals surface area contributed by atoms with Gasteiger partial charge in [0.2, 0.25) is 0 Å². The van der Waals surface area contributed by atoms with E-state index in [0.29, 0.717) is 11.1 Å². The molecule has 1 atom stereocenters. The summed E-state index contributed by atoms with van der Waals surface area (Å²) >= 11 is 0. The van der Waals surface area contributed by atoms with Gasteiger partial charge in [0.25, 0.3) is 0 Å². The van der Waals surface area contributed by atoms with E-state index in [9.17, 15) is 9.90 Å². The first kappa shape index (κ1) is 17.7. The molecule has 1 fully saturated rings. The number of benzene rings is 1. The first-order valence-electron chi connectivity index (χ1n) is 7.72. The van der Waals surface area contributed by atoms with Crippen LogP contribution in [-0.2, 0) is 17.0 Å². The third kappa shape index (κ3) is 4.00. The molecule has 23 heavy (non-hydrogen) atoms. The number of aliphatic hydroxyl groups is 1. The molecule has 1 amide bonds. The fourth-order valence-electron chi connectivity index (χ4n) is 2.53. The van der Waals surface area contributed by atoms with Crippen LogP contribution in [0.2, 0.25) is 0 Å². The lowest BCUT2D eigenvalue weighted by Gasteiger charge is -2.45. The summed E-state index contributed by atoms with van der Waals surface area (Å²) < 4.78 is 20.3. The number of hydrogen-bond donors (Lipinski definition) is 2. The van der Waals surface area contributed by atoms with Gasteiger partial charge in [-0.25, -0.2) is 9.18 Å². The fraction of sp³-hybridized carbons (Fsp3) is 0.588. The monoisotopic (exact) mass is 324 g/mol. The van der Waals surface area contributed by atoms with Crippen molar-refractivity contribution >= 4 is 6.09 Å². The molecular weight excluding hydrogens is 299 g/mol. The Bertz CT molecular complexity index is 590. The van der Waals surface area contributed by atoms with Gasteiger partial charge in [-0.2, -0.15) is 0 Å². The predicted octanol–water partition coefficient (Wildman–Crippen LogP) is 2.61. The molecule has 1 saturated heterocycles. The van der Waals surface area contributed by atoms with Crippen molar-refractivity contribution < 1.29 is 19.0 Å². The summed E-state index contributed by atoms with van der Waals surface area (Å²) in [6.07, 6.45) is -0.517. The lowest BCUT2D eigenvalue weighted by atomic mass is 9.85. The normalized spacial score (nSPS) is 18.3. The molecule has 128 valence electrons. The van der Waals surface area contributed by atoms with E-state index in [1.165, 1.54) is 4.90 Å². The number of hydrogen-bond acceptors (Lipinski definition) is 4. The molecule has 0 saturated carbocycles. The highest BCUT2D eigenvalue weighted by atomic mass is 19.1. The SMILES string of the molecule is C[C@@H](N)c1cc(CO)cc(C2(F)CN(C(=O)OC(C)(C)C)C2)c1. The van der Waals surface area contributed by atoms with Crippen molar-refractivity contribution in [2.24, 2.45) is 5.73 Å². The second-order valence-electron chi connectivity index (χ2n) is 7.21. The second-order valence-corrected chi connectivity index (χ2v) is 7.21. The molecule has 0 aliphatic carbocycles. The molecule has 0 aromatic heterocycles. The van der Waals surface area contributed by atoms with Gasteiger partial charge >= 0.3 is 6.09 Å². The third-order valence-electron chi connectivity index (χ3n) is 3.78. The summed E-state index contributed by atoms with van der Waals surface area (Å²) in [4.78, 5) is 13.3. The molecule has 1 aromatic rings. The minimum Gasteiger partial charge on any atom is -0.444 e. The van der Waals surface area contributed by atoms with E-state index >= 15 is 4.39 Å². The van der Waals surface area contributed by atoms with Crippen LogP contribution in [0.5, 0.6) is 0 Å². The van der Waals surface area contributed by atoms with Gasteiger partial charge < -0.3 is 20.5 Å². The number of aliphatic hydroxyl groups excluding tert-OH is 1. The Balaban J connectivity index is 2.15. The molecule has 0 radical (unpaired) electrons. The Kier molecular flexibility index (Phi) is 4.69. The Morgan fingerprint density at radius 3 is 2.52 bits per heavy atom. The molecule has 6 heteroatoms. The zero-order valence-electron chi connectivity index (χ0n) is 14.1. The Hall–Kier alpha value is -1.66. The summed E-state index contributed by atoms with van der Waals surface area (Å²) in [6, 6.07) is 4.84. The predicted molar refractivity (Wildman–Crippen MR) is 85.6 cm³/mol. The molecule has 0 bridgehead atoms. The standard InChI is InChI=1S/C17H25FN2O3/c1-11(19)13-5-12(8-21)6-14(7-13)17(18)9-20(10-17)15(22)23-16(2,3)4/h5-7,11,21H,8-10,19H2,1-4H3/t11-/m1/s1. The van der Waals surface area contributed by atoms with Gasteiger partial charge in [-0.15, -0.1) is 0 Å². The highest BCUT2D eigenvalue weighted by Crippen LogP contribution is 2.38. The van der Waals surface area contributed by atoms with Crippen molar-refractivity contribution in [2.45, 2.75) is 51.6 Å². The van der Waals surface area contributed by atoms with Crippen LogP contribution < -0.4 is 5.73 Å². The van der Waals surface area contributed by atoms with Gasteiger partial charge in [0.05, 0.1) is 19.7 Å². The first-order chi connectivity index (χ1) is 10.5. The maximum Gasteiger partial charge on any atom is 0.410 e. The van der Waals surface area contributed by atoms with E-state index in [1.807, 2.05) is 0 Å². The van der Waals surface area contributed by atoms with E-state index in [-0.39, 0.29) is 25.7 Å². The maximum absolute atomic E-state index is 15.1. The van der Waals surface area contributed by atoms with Crippen molar-refractivity contribution in [1.82, 2.24) is 4.90 Å². The topological polar surface area (TPSA) is 75.8 Å². The number of halogens is 1. The Morgan fingerprint density at radius 2 is 2.04 bits per heavy atom. The molecule has 1 aliphatic heterocycles. The number of carbonyl (C=O) groups is 1. The molecule has 0 unspecified atom stereocenters. The zero-order valence-corrected chi connectivity index (χ0v) is 14.1. The van der Waals surface area contributed by atoms with E-state index in [4.69, 9.17) is 10.5 Å². The molecule has 1 heterocycles. The lowest BCUT2D eigenvalue weighted by Crippen LogP contribution is -2.59. The van der Waals surface area contributed by atoms with Crippen molar-refractivity contribution in [3.63, 3.8) is 0 Å². The van der Waals surface area contributed by atoms with E-state index < -0.39 is 17.4 Å². The van der Waals surface area contributed by atoms with Crippen LogP contribution in [0.4, 0.5) is 9.18 Å².